The van der Waals surface area contributed by atoms with Gasteiger partial charge >= 0.3 is 0 Å². The lowest BCUT2D eigenvalue weighted by Crippen LogP contribution is -2.62. The van der Waals surface area contributed by atoms with E-state index < -0.39 is 0 Å². The van der Waals surface area contributed by atoms with Crippen molar-refractivity contribution in [2.45, 2.75) is 60.5 Å². The molecule has 1 fully saturated rings. The maximum atomic E-state index is 3.74. The van der Waals surface area contributed by atoms with Crippen molar-refractivity contribution in [1.29, 1.82) is 0 Å². The molecule has 2 unspecified atom stereocenters. The maximum Gasteiger partial charge on any atom is 0.0269 e. The molecule has 0 aromatic heterocycles. The zero-order valence-electron chi connectivity index (χ0n) is 12.9. The Labute approximate surface area is 108 Å². The van der Waals surface area contributed by atoms with Gasteiger partial charge in [-0.3, -0.25) is 4.90 Å². The van der Waals surface area contributed by atoms with Gasteiger partial charge in [-0.2, -0.15) is 0 Å². The molecule has 1 heterocycles. The summed E-state index contributed by atoms with van der Waals surface area (Å²) in [6.07, 6.45) is 0. The third-order valence-electron chi connectivity index (χ3n) is 3.85. The van der Waals surface area contributed by atoms with Crippen LogP contribution in [-0.4, -0.2) is 36.6 Å². The van der Waals surface area contributed by atoms with Gasteiger partial charge in [-0.15, -0.1) is 0 Å². The molecule has 1 N–H and O–H groups in total. The molecule has 0 radical (unpaired) electrons. The van der Waals surface area contributed by atoms with E-state index in [4.69, 9.17) is 0 Å². The second kappa shape index (κ2) is 5.71. The normalized spacial score (nSPS) is 28.1. The Bertz CT molecular complexity index is 228. The molecule has 0 saturated carbocycles. The monoisotopic (exact) mass is 240 g/mol. The largest absolute Gasteiger partial charge is 0.311 e. The Hall–Kier alpha value is -0.0800. The number of hydrogen-bond donors (Lipinski definition) is 1. The average Bonchev–Trinajstić information content (AvgIpc) is 2.14. The smallest absolute Gasteiger partial charge is 0.0269 e. The Morgan fingerprint density at radius 1 is 1.18 bits per heavy atom. The van der Waals surface area contributed by atoms with Crippen LogP contribution in [0.25, 0.3) is 0 Å². The van der Waals surface area contributed by atoms with Gasteiger partial charge in [-0.1, -0.05) is 48.5 Å². The molecule has 1 aliphatic heterocycles. The van der Waals surface area contributed by atoms with E-state index in [1.54, 1.807) is 0 Å². The van der Waals surface area contributed by atoms with Crippen molar-refractivity contribution in [3.63, 3.8) is 0 Å². The summed E-state index contributed by atoms with van der Waals surface area (Å²) in [5.74, 6) is 1.48. The molecule has 17 heavy (non-hydrogen) atoms. The van der Waals surface area contributed by atoms with Crippen LogP contribution in [0, 0.1) is 17.3 Å². The summed E-state index contributed by atoms with van der Waals surface area (Å²) in [6, 6.07) is 1.33. The van der Waals surface area contributed by atoms with Crippen LogP contribution in [0.2, 0.25) is 0 Å². The lowest BCUT2D eigenvalue weighted by Gasteiger charge is -2.48. The Morgan fingerprint density at radius 2 is 1.76 bits per heavy atom. The number of nitrogens with zero attached hydrogens (tertiary/aromatic N) is 1. The molecule has 1 rings (SSSR count). The molecule has 0 aromatic rings. The highest BCUT2D eigenvalue weighted by atomic mass is 15.2. The predicted molar refractivity (Wildman–Crippen MR) is 76.3 cm³/mol. The average molecular weight is 240 g/mol. The molecule has 2 atom stereocenters. The molecular weight excluding hydrogens is 208 g/mol. The molecule has 1 aliphatic rings. The molecule has 2 heteroatoms. The van der Waals surface area contributed by atoms with E-state index in [1.165, 1.54) is 13.1 Å². The van der Waals surface area contributed by atoms with Crippen molar-refractivity contribution in [3.05, 3.63) is 0 Å². The highest BCUT2D eigenvalue weighted by molar-refractivity contribution is 4.93. The number of rotatable bonds is 3. The standard InChI is InChI=1S/C15H32N2/c1-11(2)9-17-10-13(12(3)4)16-8-14(17)15(5,6)7/h11-14,16H,8-10H2,1-7H3. The minimum atomic E-state index is 0.365. The van der Waals surface area contributed by atoms with E-state index in [1.807, 2.05) is 0 Å². The van der Waals surface area contributed by atoms with Crippen LogP contribution in [-0.2, 0) is 0 Å². The summed E-state index contributed by atoms with van der Waals surface area (Å²) in [7, 11) is 0. The van der Waals surface area contributed by atoms with Gasteiger partial charge in [0.25, 0.3) is 0 Å². The minimum absolute atomic E-state index is 0.365. The zero-order chi connectivity index (χ0) is 13.2. The fraction of sp³-hybridized carbons (Fsp3) is 1.00. The van der Waals surface area contributed by atoms with Gasteiger partial charge in [0.05, 0.1) is 0 Å². The first-order chi connectivity index (χ1) is 7.71. The van der Waals surface area contributed by atoms with Crippen LogP contribution in [0.4, 0.5) is 0 Å². The van der Waals surface area contributed by atoms with Crippen LogP contribution in [0.1, 0.15) is 48.5 Å². The van der Waals surface area contributed by atoms with Crippen molar-refractivity contribution >= 4 is 0 Å². The van der Waals surface area contributed by atoms with Crippen molar-refractivity contribution in [2.24, 2.45) is 17.3 Å². The molecule has 0 spiro atoms. The molecule has 1 saturated heterocycles. The van der Waals surface area contributed by atoms with Crippen LogP contribution >= 0.6 is 0 Å². The Balaban J connectivity index is 2.72. The van der Waals surface area contributed by atoms with Crippen molar-refractivity contribution < 1.29 is 0 Å². The van der Waals surface area contributed by atoms with Gasteiger partial charge in [-0.25, -0.2) is 0 Å². The summed E-state index contributed by atoms with van der Waals surface area (Å²) < 4.78 is 0. The summed E-state index contributed by atoms with van der Waals surface area (Å²) in [4.78, 5) is 2.71. The Kier molecular flexibility index (Phi) is 5.03. The number of hydrogen-bond acceptors (Lipinski definition) is 2. The third kappa shape index (κ3) is 4.26. The maximum absolute atomic E-state index is 3.74. The van der Waals surface area contributed by atoms with E-state index in [0.717, 1.165) is 18.4 Å². The van der Waals surface area contributed by atoms with E-state index >= 15 is 0 Å². The van der Waals surface area contributed by atoms with E-state index in [-0.39, 0.29) is 0 Å². The topological polar surface area (TPSA) is 15.3 Å². The second-order valence-corrected chi connectivity index (χ2v) is 7.49. The van der Waals surface area contributed by atoms with Gasteiger partial charge in [0, 0.05) is 31.7 Å². The number of piperazine rings is 1. The molecule has 102 valence electrons. The first-order valence-electron chi connectivity index (χ1n) is 7.19. The second-order valence-electron chi connectivity index (χ2n) is 7.49. The highest BCUT2D eigenvalue weighted by Gasteiger charge is 2.36. The lowest BCUT2D eigenvalue weighted by atomic mass is 9.82. The molecule has 0 aromatic carbocycles. The molecular formula is C15H32N2. The molecule has 0 bridgehead atoms. The summed E-state index contributed by atoms with van der Waals surface area (Å²) in [5, 5.41) is 3.74. The molecule has 0 aliphatic carbocycles. The van der Waals surface area contributed by atoms with Crippen molar-refractivity contribution in [2.75, 3.05) is 19.6 Å². The highest BCUT2D eigenvalue weighted by Crippen LogP contribution is 2.28. The zero-order valence-corrected chi connectivity index (χ0v) is 12.9. The fourth-order valence-corrected chi connectivity index (χ4v) is 2.81. The first kappa shape index (κ1) is 15.0. The summed E-state index contributed by atoms with van der Waals surface area (Å²) in [6.45, 7) is 20.0. The third-order valence-corrected chi connectivity index (χ3v) is 3.85. The van der Waals surface area contributed by atoms with E-state index in [9.17, 15) is 0 Å². The SMILES string of the molecule is CC(C)CN1CC(C(C)C)NCC1C(C)(C)C. The molecule has 0 amide bonds. The van der Waals surface area contributed by atoms with Crippen LogP contribution in [0.3, 0.4) is 0 Å². The van der Waals surface area contributed by atoms with Gasteiger partial charge < -0.3 is 5.32 Å². The van der Waals surface area contributed by atoms with Crippen LogP contribution in [0.15, 0.2) is 0 Å². The van der Waals surface area contributed by atoms with Gasteiger partial charge in [0.1, 0.15) is 0 Å². The Morgan fingerprint density at radius 3 is 2.18 bits per heavy atom. The first-order valence-corrected chi connectivity index (χ1v) is 7.19. The lowest BCUT2D eigenvalue weighted by molar-refractivity contribution is 0.0377. The van der Waals surface area contributed by atoms with Crippen molar-refractivity contribution in [1.82, 2.24) is 10.2 Å². The quantitative estimate of drug-likeness (QED) is 0.816. The molecule has 2 nitrogen and oxygen atoms in total. The van der Waals surface area contributed by atoms with Crippen molar-refractivity contribution in [3.8, 4) is 0 Å². The van der Waals surface area contributed by atoms with E-state index in [2.05, 4.69) is 58.7 Å². The number of nitrogens with one attached hydrogen (secondary N) is 1. The minimum Gasteiger partial charge on any atom is -0.311 e. The van der Waals surface area contributed by atoms with Gasteiger partial charge in [0.2, 0.25) is 0 Å². The summed E-state index contributed by atoms with van der Waals surface area (Å²) >= 11 is 0. The fourth-order valence-electron chi connectivity index (χ4n) is 2.81. The predicted octanol–water partition coefficient (Wildman–Crippen LogP) is 2.99. The van der Waals surface area contributed by atoms with Gasteiger partial charge in [0.15, 0.2) is 0 Å². The summed E-state index contributed by atoms with van der Waals surface area (Å²) in [5.41, 5.74) is 0.365. The van der Waals surface area contributed by atoms with Crippen LogP contribution < -0.4 is 5.32 Å². The van der Waals surface area contributed by atoms with E-state index in [0.29, 0.717) is 17.5 Å². The van der Waals surface area contributed by atoms with Crippen LogP contribution in [0.5, 0.6) is 0 Å². The van der Waals surface area contributed by atoms with Gasteiger partial charge in [-0.05, 0) is 17.3 Å².